The Labute approximate surface area is 158 Å². The van der Waals surface area contributed by atoms with Crippen LogP contribution in [0, 0.1) is 5.92 Å². The Morgan fingerprint density at radius 2 is 1.73 bits per heavy atom. The van der Waals surface area contributed by atoms with Gasteiger partial charge in [-0.15, -0.1) is 0 Å². The highest BCUT2D eigenvalue weighted by atomic mass is 16.6. The average molecular weight is 369 g/mol. The molecule has 7 heteroatoms. The second-order valence-corrected chi connectivity index (χ2v) is 8.33. The number of piperazine rings is 1. The van der Waals surface area contributed by atoms with Gasteiger partial charge in [0.25, 0.3) is 0 Å². The van der Waals surface area contributed by atoms with E-state index in [-0.39, 0.29) is 17.9 Å². The topological polar surface area (TPSA) is 65.1 Å². The van der Waals surface area contributed by atoms with Crippen LogP contribution in [0.25, 0.3) is 0 Å². The second kappa shape index (κ2) is 9.55. The average Bonchev–Trinajstić information content (AvgIpc) is 3.08. The van der Waals surface area contributed by atoms with Gasteiger partial charge in [-0.3, -0.25) is 4.79 Å². The quantitative estimate of drug-likeness (QED) is 0.718. The van der Waals surface area contributed by atoms with Crippen LogP contribution in [-0.4, -0.2) is 91.2 Å². The van der Waals surface area contributed by atoms with Crippen LogP contribution in [0.15, 0.2) is 0 Å². The van der Waals surface area contributed by atoms with Crippen molar-refractivity contribution in [1.82, 2.24) is 20.0 Å². The van der Waals surface area contributed by atoms with Crippen molar-refractivity contribution in [3.63, 3.8) is 0 Å². The lowest BCUT2D eigenvalue weighted by Gasteiger charge is -2.34. The Balaban J connectivity index is 1.60. The van der Waals surface area contributed by atoms with E-state index < -0.39 is 5.60 Å². The van der Waals surface area contributed by atoms with Crippen molar-refractivity contribution in [3.05, 3.63) is 0 Å². The van der Waals surface area contributed by atoms with E-state index in [1.807, 2.05) is 20.8 Å². The number of carbonyl (C=O) groups is 2. The molecule has 2 aliphatic heterocycles. The number of likely N-dealkylation sites (N-methyl/N-ethyl adjacent to an activating group) is 1. The molecule has 1 N–H and O–H groups in total. The maximum absolute atomic E-state index is 12.3. The maximum atomic E-state index is 12.3. The van der Waals surface area contributed by atoms with Crippen molar-refractivity contribution < 1.29 is 14.3 Å². The van der Waals surface area contributed by atoms with Crippen molar-refractivity contribution in [1.29, 1.82) is 0 Å². The molecule has 1 unspecified atom stereocenters. The molecule has 0 radical (unpaired) electrons. The Bertz CT molecular complexity index is 470. The first-order valence-corrected chi connectivity index (χ1v) is 9.99. The van der Waals surface area contributed by atoms with Crippen LogP contribution < -0.4 is 5.32 Å². The standard InChI is InChI=1S/C19H36N4O3/c1-5-21-11-13-22(14-12-21)9-6-8-20-17(24)16-7-10-23(15-16)18(25)26-19(2,3)4/h16H,5-15H2,1-4H3,(H,20,24). The molecule has 0 bridgehead atoms. The Kier molecular flexibility index (Phi) is 7.70. The molecule has 2 amide bonds. The van der Waals surface area contributed by atoms with Crippen molar-refractivity contribution in [3.8, 4) is 0 Å². The summed E-state index contributed by atoms with van der Waals surface area (Å²) in [6.07, 6.45) is 1.36. The van der Waals surface area contributed by atoms with Crippen LogP contribution in [0.5, 0.6) is 0 Å². The van der Waals surface area contributed by atoms with E-state index >= 15 is 0 Å². The van der Waals surface area contributed by atoms with Gasteiger partial charge >= 0.3 is 6.09 Å². The zero-order chi connectivity index (χ0) is 19.2. The molecule has 0 aliphatic carbocycles. The fraction of sp³-hybridized carbons (Fsp3) is 0.895. The number of nitrogens with zero attached hydrogens (tertiary/aromatic N) is 3. The molecule has 0 aromatic carbocycles. The largest absolute Gasteiger partial charge is 0.444 e. The van der Waals surface area contributed by atoms with Gasteiger partial charge in [-0.1, -0.05) is 6.92 Å². The summed E-state index contributed by atoms with van der Waals surface area (Å²) in [6, 6.07) is 0. The molecule has 150 valence electrons. The number of hydrogen-bond acceptors (Lipinski definition) is 5. The smallest absolute Gasteiger partial charge is 0.410 e. The summed E-state index contributed by atoms with van der Waals surface area (Å²) >= 11 is 0. The van der Waals surface area contributed by atoms with Crippen LogP contribution in [0.4, 0.5) is 4.79 Å². The minimum Gasteiger partial charge on any atom is -0.444 e. The summed E-state index contributed by atoms with van der Waals surface area (Å²) in [5, 5.41) is 3.04. The molecule has 0 aromatic rings. The number of carbonyl (C=O) groups excluding carboxylic acids is 2. The predicted octanol–water partition coefficient (Wildman–Crippen LogP) is 1.39. The SMILES string of the molecule is CCN1CCN(CCCNC(=O)C2CCN(C(=O)OC(C)(C)C)C2)CC1. The van der Waals surface area contributed by atoms with Gasteiger partial charge in [0.1, 0.15) is 5.60 Å². The van der Waals surface area contributed by atoms with Gasteiger partial charge < -0.3 is 24.8 Å². The van der Waals surface area contributed by atoms with E-state index in [1.54, 1.807) is 4.90 Å². The maximum Gasteiger partial charge on any atom is 0.410 e. The fourth-order valence-corrected chi connectivity index (χ4v) is 3.45. The second-order valence-electron chi connectivity index (χ2n) is 8.33. The summed E-state index contributed by atoms with van der Waals surface area (Å²) in [7, 11) is 0. The number of hydrogen-bond donors (Lipinski definition) is 1. The minimum atomic E-state index is -0.500. The normalized spacial score (nSPS) is 22.5. The summed E-state index contributed by atoms with van der Waals surface area (Å²) < 4.78 is 5.38. The highest BCUT2D eigenvalue weighted by Gasteiger charge is 2.33. The molecule has 2 rings (SSSR count). The summed E-state index contributed by atoms with van der Waals surface area (Å²) in [5.41, 5.74) is -0.500. The number of nitrogens with one attached hydrogen (secondary N) is 1. The Hall–Kier alpha value is -1.34. The van der Waals surface area contributed by atoms with Crippen molar-refractivity contribution in [2.45, 2.75) is 46.1 Å². The highest BCUT2D eigenvalue weighted by Crippen LogP contribution is 2.19. The molecule has 0 spiro atoms. The van der Waals surface area contributed by atoms with Gasteiger partial charge in [0.2, 0.25) is 5.91 Å². The molecule has 2 aliphatic rings. The molecule has 2 fully saturated rings. The molecular formula is C19H36N4O3. The summed E-state index contributed by atoms with van der Waals surface area (Å²) in [5.74, 6) is -0.0533. The Morgan fingerprint density at radius 1 is 1.08 bits per heavy atom. The van der Waals surface area contributed by atoms with E-state index in [4.69, 9.17) is 4.74 Å². The van der Waals surface area contributed by atoms with Crippen LogP contribution >= 0.6 is 0 Å². The lowest BCUT2D eigenvalue weighted by Crippen LogP contribution is -2.46. The Morgan fingerprint density at radius 3 is 2.35 bits per heavy atom. The first kappa shape index (κ1) is 21.0. The monoisotopic (exact) mass is 368 g/mol. The van der Waals surface area contributed by atoms with Crippen LogP contribution in [0.3, 0.4) is 0 Å². The number of likely N-dealkylation sites (tertiary alicyclic amines) is 1. The zero-order valence-electron chi connectivity index (χ0n) is 16.9. The molecular weight excluding hydrogens is 332 g/mol. The molecule has 0 aromatic heterocycles. The molecule has 7 nitrogen and oxygen atoms in total. The third-order valence-corrected chi connectivity index (χ3v) is 5.07. The lowest BCUT2D eigenvalue weighted by atomic mass is 10.1. The highest BCUT2D eigenvalue weighted by molar-refractivity contribution is 5.80. The van der Waals surface area contributed by atoms with Crippen molar-refractivity contribution in [2.75, 3.05) is 58.9 Å². The molecule has 0 saturated carbocycles. The first-order chi connectivity index (χ1) is 12.3. The van der Waals surface area contributed by atoms with Gasteiger partial charge in [-0.2, -0.15) is 0 Å². The minimum absolute atomic E-state index is 0.0619. The van der Waals surface area contributed by atoms with Crippen molar-refractivity contribution in [2.24, 2.45) is 5.92 Å². The van der Waals surface area contributed by atoms with Crippen LogP contribution in [0.2, 0.25) is 0 Å². The van der Waals surface area contributed by atoms with E-state index in [0.717, 1.165) is 45.7 Å². The third kappa shape index (κ3) is 6.76. The summed E-state index contributed by atoms with van der Waals surface area (Å²) in [4.78, 5) is 31.0. The summed E-state index contributed by atoms with van der Waals surface area (Å²) in [6.45, 7) is 16.2. The van der Waals surface area contributed by atoms with Gasteiger partial charge in [0, 0.05) is 45.8 Å². The predicted molar refractivity (Wildman–Crippen MR) is 102 cm³/mol. The number of amides is 2. The van der Waals surface area contributed by atoms with Gasteiger partial charge in [0.15, 0.2) is 0 Å². The van der Waals surface area contributed by atoms with Gasteiger partial charge in [-0.05, 0) is 46.7 Å². The van der Waals surface area contributed by atoms with Gasteiger partial charge in [-0.25, -0.2) is 4.79 Å². The van der Waals surface area contributed by atoms with Crippen LogP contribution in [-0.2, 0) is 9.53 Å². The fourth-order valence-electron chi connectivity index (χ4n) is 3.45. The van der Waals surface area contributed by atoms with E-state index in [1.165, 1.54) is 0 Å². The van der Waals surface area contributed by atoms with Crippen molar-refractivity contribution >= 4 is 12.0 Å². The lowest BCUT2D eigenvalue weighted by molar-refractivity contribution is -0.124. The number of rotatable bonds is 6. The van der Waals surface area contributed by atoms with E-state index in [2.05, 4.69) is 22.0 Å². The zero-order valence-corrected chi connectivity index (χ0v) is 16.9. The van der Waals surface area contributed by atoms with E-state index in [9.17, 15) is 9.59 Å². The van der Waals surface area contributed by atoms with Crippen LogP contribution in [0.1, 0.15) is 40.5 Å². The molecule has 2 saturated heterocycles. The molecule has 26 heavy (non-hydrogen) atoms. The third-order valence-electron chi connectivity index (χ3n) is 5.07. The first-order valence-electron chi connectivity index (χ1n) is 9.99. The van der Waals surface area contributed by atoms with E-state index in [0.29, 0.717) is 26.1 Å². The van der Waals surface area contributed by atoms with Gasteiger partial charge in [0.05, 0.1) is 5.92 Å². The molecule has 2 heterocycles. The number of ether oxygens (including phenoxy) is 1. The molecule has 1 atom stereocenters.